The Hall–Kier alpha value is -3.43. The summed E-state index contributed by atoms with van der Waals surface area (Å²) in [6, 6.07) is 17.1. The molecule has 0 aromatic heterocycles. The maximum Gasteiger partial charge on any atom is 0.262 e. The maximum atomic E-state index is 13.4. The number of hydrogen-bond acceptors (Lipinski definition) is 5. The van der Waals surface area contributed by atoms with Crippen molar-refractivity contribution in [3.8, 4) is 5.75 Å². The topological polar surface area (TPSA) is 84.9 Å². The number of anilines is 1. The number of morpholine rings is 1. The molecule has 1 saturated heterocycles. The summed E-state index contributed by atoms with van der Waals surface area (Å²) in [7, 11) is -2.51. The molecule has 1 amide bonds. The minimum Gasteiger partial charge on any atom is -0.495 e. The zero-order chi connectivity index (χ0) is 24.3. The summed E-state index contributed by atoms with van der Waals surface area (Å²) < 4.78 is 52.9. The molecule has 1 heterocycles. The highest BCUT2D eigenvalue weighted by atomic mass is 32.2. The molecule has 1 N–H and O–H groups in total. The van der Waals surface area contributed by atoms with Gasteiger partial charge >= 0.3 is 0 Å². The summed E-state index contributed by atoms with van der Waals surface area (Å²) in [5.74, 6) is -0.250. The van der Waals surface area contributed by atoms with Crippen molar-refractivity contribution >= 4 is 21.6 Å². The lowest BCUT2D eigenvalue weighted by Crippen LogP contribution is -2.42. The van der Waals surface area contributed by atoms with E-state index in [1.807, 2.05) is 0 Å². The number of sulfonamides is 1. The number of ether oxygens (including phenoxy) is 2. The smallest absolute Gasteiger partial charge is 0.262 e. The van der Waals surface area contributed by atoms with Crippen LogP contribution in [-0.2, 0) is 14.8 Å². The number of rotatable bonds is 6. The summed E-state index contributed by atoms with van der Waals surface area (Å²) in [6.45, 7) is 2.72. The van der Waals surface area contributed by atoms with E-state index in [4.69, 9.17) is 9.47 Å². The van der Waals surface area contributed by atoms with Crippen molar-refractivity contribution in [3.05, 3.63) is 89.2 Å². The summed E-state index contributed by atoms with van der Waals surface area (Å²) in [5, 5.41) is 0. The first kappa shape index (κ1) is 23.7. The molecule has 0 radical (unpaired) electrons. The van der Waals surface area contributed by atoms with Crippen LogP contribution in [0.5, 0.6) is 5.75 Å². The molecule has 7 nitrogen and oxygen atoms in total. The van der Waals surface area contributed by atoms with E-state index >= 15 is 0 Å². The summed E-state index contributed by atoms with van der Waals surface area (Å²) in [4.78, 5) is 15.0. The van der Waals surface area contributed by atoms with Gasteiger partial charge in [-0.3, -0.25) is 9.52 Å². The van der Waals surface area contributed by atoms with E-state index in [-0.39, 0.29) is 23.2 Å². The Kier molecular flexibility index (Phi) is 6.85. The van der Waals surface area contributed by atoms with Crippen LogP contribution in [0.1, 0.15) is 27.6 Å². The van der Waals surface area contributed by atoms with Crippen LogP contribution in [-0.4, -0.2) is 46.0 Å². The Labute approximate surface area is 198 Å². The highest BCUT2D eigenvalue weighted by Gasteiger charge is 2.28. The van der Waals surface area contributed by atoms with E-state index < -0.39 is 16.1 Å². The molecule has 1 aliphatic rings. The van der Waals surface area contributed by atoms with Gasteiger partial charge in [0.25, 0.3) is 15.9 Å². The number of carbonyl (C=O) groups excluding carboxylic acids is 1. The second kappa shape index (κ2) is 9.82. The highest BCUT2D eigenvalue weighted by Crippen LogP contribution is 2.28. The van der Waals surface area contributed by atoms with Crippen LogP contribution in [0.2, 0.25) is 0 Å². The monoisotopic (exact) mass is 484 g/mol. The third-order valence-electron chi connectivity index (χ3n) is 5.70. The van der Waals surface area contributed by atoms with E-state index in [1.165, 1.54) is 31.4 Å². The Morgan fingerprint density at radius 2 is 1.85 bits per heavy atom. The molecule has 1 fully saturated rings. The molecule has 1 aliphatic heterocycles. The van der Waals surface area contributed by atoms with Crippen molar-refractivity contribution in [1.29, 1.82) is 0 Å². The number of methoxy groups -OCH3 is 1. The maximum absolute atomic E-state index is 13.4. The second-order valence-corrected chi connectivity index (χ2v) is 9.63. The summed E-state index contributed by atoms with van der Waals surface area (Å²) in [5.41, 5.74) is 2.02. The van der Waals surface area contributed by atoms with Crippen LogP contribution in [0.4, 0.5) is 10.1 Å². The molecular weight excluding hydrogens is 459 g/mol. The number of halogens is 1. The number of nitrogens with zero attached hydrogens (tertiary/aromatic N) is 1. The lowest BCUT2D eigenvalue weighted by atomic mass is 10.0. The lowest BCUT2D eigenvalue weighted by Gasteiger charge is -2.33. The van der Waals surface area contributed by atoms with Crippen molar-refractivity contribution in [2.45, 2.75) is 17.9 Å². The predicted molar refractivity (Wildman–Crippen MR) is 126 cm³/mol. The summed E-state index contributed by atoms with van der Waals surface area (Å²) in [6.07, 6.45) is -0.391. The quantitative estimate of drug-likeness (QED) is 0.568. The Bertz CT molecular complexity index is 1290. The van der Waals surface area contributed by atoms with Crippen LogP contribution in [0.25, 0.3) is 0 Å². The van der Waals surface area contributed by atoms with Gasteiger partial charge in [0.1, 0.15) is 17.7 Å². The number of aryl methyl sites for hydroxylation is 1. The number of hydrogen-bond donors (Lipinski definition) is 1. The van der Waals surface area contributed by atoms with Crippen LogP contribution in [0.3, 0.4) is 0 Å². The van der Waals surface area contributed by atoms with Crippen LogP contribution >= 0.6 is 0 Å². The first-order valence-electron chi connectivity index (χ1n) is 10.7. The van der Waals surface area contributed by atoms with Crippen molar-refractivity contribution < 1.29 is 27.1 Å². The molecule has 0 bridgehead atoms. The molecule has 4 rings (SSSR count). The van der Waals surface area contributed by atoms with Gasteiger partial charge in [0.15, 0.2) is 0 Å². The average molecular weight is 485 g/mol. The SMILES string of the molecule is COc1ccccc1NS(=O)(=O)c1ccc(C)c(C(=O)N2CCO[C@H](c3ccc(F)cc3)C2)c1. The zero-order valence-electron chi connectivity index (χ0n) is 18.8. The molecule has 0 spiro atoms. The Balaban J connectivity index is 1.57. The molecule has 0 saturated carbocycles. The van der Waals surface area contributed by atoms with Gasteiger partial charge in [0, 0.05) is 12.1 Å². The first-order valence-corrected chi connectivity index (χ1v) is 12.2. The van der Waals surface area contributed by atoms with Gasteiger partial charge in [-0.05, 0) is 54.4 Å². The Morgan fingerprint density at radius 3 is 2.59 bits per heavy atom. The molecule has 34 heavy (non-hydrogen) atoms. The van der Waals surface area contributed by atoms with E-state index in [2.05, 4.69) is 4.72 Å². The zero-order valence-corrected chi connectivity index (χ0v) is 19.6. The third kappa shape index (κ3) is 5.05. The van der Waals surface area contributed by atoms with Crippen molar-refractivity contribution in [1.82, 2.24) is 4.90 Å². The summed E-state index contributed by atoms with van der Waals surface area (Å²) >= 11 is 0. The van der Waals surface area contributed by atoms with E-state index in [0.717, 1.165) is 5.56 Å². The fraction of sp³-hybridized carbons (Fsp3) is 0.240. The van der Waals surface area contributed by atoms with Crippen LogP contribution < -0.4 is 9.46 Å². The van der Waals surface area contributed by atoms with Gasteiger partial charge in [0.05, 0.1) is 30.8 Å². The van der Waals surface area contributed by atoms with E-state index in [1.54, 1.807) is 54.3 Å². The minimum atomic E-state index is -3.97. The van der Waals surface area contributed by atoms with Crippen LogP contribution in [0, 0.1) is 12.7 Å². The molecule has 178 valence electrons. The molecule has 1 atom stereocenters. The lowest BCUT2D eigenvalue weighted by molar-refractivity contribution is -0.0228. The molecular formula is C25H25FN2O5S. The van der Waals surface area contributed by atoms with Gasteiger partial charge in [-0.2, -0.15) is 0 Å². The molecule has 0 unspecified atom stereocenters. The van der Waals surface area contributed by atoms with E-state index in [9.17, 15) is 17.6 Å². The average Bonchev–Trinajstić information content (AvgIpc) is 2.84. The van der Waals surface area contributed by atoms with Gasteiger partial charge < -0.3 is 14.4 Å². The van der Waals surface area contributed by atoms with Crippen LogP contribution in [0.15, 0.2) is 71.6 Å². The Morgan fingerprint density at radius 1 is 1.12 bits per heavy atom. The first-order chi connectivity index (χ1) is 16.3. The van der Waals surface area contributed by atoms with Gasteiger partial charge in [0.2, 0.25) is 0 Å². The van der Waals surface area contributed by atoms with Gasteiger partial charge in [-0.1, -0.05) is 30.3 Å². The van der Waals surface area contributed by atoms with Crippen molar-refractivity contribution in [2.24, 2.45) is 0 Å². The number of para-hydroxylation sites is 2. The minimum absolute atomic E-state index is 0.0318. The molecule has 0 aliphatic carbocycles. The number of carbonyl (C=O) groups is 1. The van der Waals surface area contributed by atoms with Gasteiger partial charge in [-0.25, -0.2) is 12.8 Å². The fourth-order valence-electron chi connectivity index (χ4n) is 3.81. The largest absolute Gasteiger partial charge is 0.495 e. The van der Waals surface area contributed by atoms with E-state index in [0.29, 0.717) is 35.7 Å². The van der Waals surface area contributed by atoms with Gasteiger partial charge in [-0.15, -0.1) is 0 Å². The standard InChI is InChI=1S/C25H25FN2O5S/c1-17-7-12-20(34(30,31)27-22-5-3-4-6-23(22)32-2)15-21(17)25(29)28-13-14-33-24(16-28)18-8-10-19(26)11-9-18/h3-12,15,24,27H,13-14,16H2,1-2H3/t24-/m0/s1. The van der Waals surface area contributed by atoms with Crippen molar-refractivity contribution in [3.63, 3.8) is 0 Å². The molecule has 3 aromatic rings. The fourth-order valence-corrected chi connectivity index (χ4v) is 4.91. The number of benzene rings is 3. The second-order valence-electron chi connectivity index (χ2n) is 7.94. The number of nitrogens with one attached hydrogen (secondary N) is 1. The normalized spacial score (nSPS) is 16.2. The predicted octanol–water partition coefficient (Wildman–Crippen LogP) is 4.16. The number of amides is 1. The molecule has 9 heteroatoms. The van der Waals surface area contributed by atoms with Crippen molar-refractivity contribution in [2.75, 3.05) is 31.5 Å². The highest BCUT2D eigenvalue weighted by molar-refractivity contribution is 7.92. The molecule has 3 aromatic carbocycles. The third-order valence-corrected chi connectivity index (χ3v) is 7.06.